The average molecular weight is 265 g/mol. The average Bonchev–Trinajstić information content (AvgIpc) is 2.40. The number of para-hydroxylation sites is 2. The molecule has 2 aromatic rings. The third kappa shape index (κ3) is 3.80. The lowest BCUT2D eigenvalue weighted by molar-refractivity contribution is 0.429. The van der Waals surface area contributed by atoms with Gasteiger partial charge in [0, 0.05) is 0 Å². The van der Waals surface area contributed by atoms with Crippen LogP contribution < -0.4 is 8.85 Å². The van der Waals surface area contributed by atoms with Gasteiger partial charge in [-0.25, -0.2) is 0 Å². The molecule has 2 nitrogen and oxygen atoms in total. The van der Waals surface area contributed by atoms with E-state index >= 15 is 0 Å². The molecule has 4 heteroatoms. The third-order valence-electron chi connectivity index (χ3n) is 2.15. The van der Waals surface area contributed by atoms with Gasteiger partial charge in [-0.15, -0.1) is 11.6 Å². The summed E-state index contributed by atoms with van der Waals surface area (Å²) in [6, 6.07) is 19.2. The van der Waals surface area contributed by atoms with Crippen molar-refractivity contribution in [1.29, 1.82) is 0 Å². The van der Waals surface area contributed by atoms with Crippen LogP contribution >= 0.6 is 11.6 Å². The van der Waals surface area contributed by atoms with Crippen molar-refractivity contribution >= 4 is 20.9 Å². The first-order valence-electron chi connectivity index (χ1n) is 5.38. The monoisotopic (exact) mass is 264 g/mol. The third-order valence-corrected chi connectivity index (χ3v) is 4.23. The van der Waals surface area contributed by atoms with Crippen LogP contribution in [0.15, 0.2) is 60.7 Å². The molecular weight excluding hydrogens is 252 g/mol. The summed E-state index contributed by atoms with van der Waals surface area (Å²) >= 11 is 5.88. The molecule has 88 valence electrons. The highest BCUT2D eigenvalue weighted by Crippen LogP contribution is 2.14. The van der Waals surface area contributed by atoms with Crippen LogP contribution in [0, 0.1) is 0 Å². The van der Waals surface area contributed by atoms with E-state index < -0.39 is 9.28 Å². The lowest BCUT2D eigenvalue weighted by Crippen LogP contribution is -2.32. The fraction of sp³-hybridized carbons (Fsp3) is 0.0769. The van der Waals surface area contributed by atoms with Gasteiger partial charge in [0.25, 0.3) is 0 Å². The summed E-state index contributed by atoms with van der Waals surface area (Å²) in [5.41, 5.74) is 0.407. The number of rotatable bonds is 5. The van der Waals surface area contributed by atoms with Crippen LogP contribution in [-0.4, -0.2) is 14.8 Å². The Labute approximate surface area is 108 Å². The minimum Gasteiger partial charge on any atom is -0.513 e. The van der Waals surface area contributed by atoms with Gasteiger partial charge in [0.1, 0.15) is 11.5 Å². The zero-order valence-corrected chi connectivity index (χ0v) is 11.2. The maximum absolute atomic E-state index is 5.88. The van der Waals surface area contributed by atoms with Crippen molar-refractivity contribution in [3.05, 3.63) is 60.7 Å². The Hall–Kier alpha value is -1.45. The van der Waals surface area contributed by atoms with Gasteiger partial charge in [0.05, 0.1) is 5.50 Å². The van der Waals surface area contributed by atoms with Gasteiger partial charge in [0.2, 0.25) is 0 Å². The van der Waals surface area contributed by atoms with Gasteiger partial charge in [-0.3, -0.25) is 0 Å². The molecule has 0 aliphatic carbocycles. The molecule has 0 spiro atoms. The van der Waals surface area contributed by atoms with E-state index in [0.29, 0.717) is 5.50 Å². The standard InChI is InChI=1S/C13H13ClO2Si/c14-11-17(15-12-7-3-1-4-8-12)16-13-9-5-2-6-10-13/h1-10,17H,11H2. The molecule has 2 aromatic carbocycles. The number of alkyl halides is 1. The zero-order chi connectivity index (χ0) is 11.9. The quantitative estimate of drug-likeness (QED) is 0.610. The van der Waals surface area contributed by atoms with Crippen molar-refractivity contribution < 1.29 is 8.85 Å². The molecule has 2 rings (SSSR count). The van der Waals surface area contributed by atoms with E-state index in [1.165, 1.54) is 0 Å². The topological polar surface area (TPSA) is 18.5 Å². The van der Waals surface area contributed by atoms with E-state index in [4.69, 9.17) is 20.5 Å². The molecule has 0 radical (unpaired) electrons. The van der Waals surface area contributed by atoms with Crippen molar-refractivity contribution in [3.63, 3.8) is 0 Å². The van der Waals surface area contributed by atoms with Crippen LogP contribution in [0.4, 0.5) is 0 Å². The zero-order valence-electron chi connectivity index (χ0n) is 9.25. The SMILES string of the molecule is ClC[SiH](Oc1ccccc1)Oc1ccccc1. The smallest absolute Gasteiger partial charge is 0.459 e. The Morgan fingerprint density at radius 1 is 0.765 bits per heavy atom. The van der Waals surface area contributed by atoms with Gasteiger partial charge < -0.3 is 8.85 Å². The molecule has 0 amide bonds. The second kappa shape index (κ2) is 6.32. The molecule has 17 heavy (non-hydrogen) atoms. The molecule has 0 aliphatic heterocycles. The summed E-state index contributed by atoms with van der Waals surface area (Å²) in [5.74, 6) is 1.61. The van der Waals surface area contributed by atoms with Crippen LogP contribution in [-0.2, 0) is 0 Å². The molecule has 0 heterocycles. The van der Waals surface area contributed by atoms with E-state index in [2.05, 4.69) is 0 Å². The largest absolute Gasteiger partial charge is 0.513 e. The summed E-state index contributed by atoms with van der Waals surface area (Å²) in [6.07, 6.45) is 0. The Morgan fingerprint density at radius 2 is 1.18 bits per heavy atom. The van der Waals surface area contributed by atoms with Crippen molar-refractivity contribution in [3.8, 4) is 11.5 Å². The van der Waals surface area contributed by atoms with Crippen LogP contribution in [0.2, 0.25) is 0 Å². The Balaban J connectivity index is 1.98. The molecule has 0 fully saturated rings. The molecule has 0 atom stereocenters. The minimum atomic E-state index is -1.90. The second-order valence-corrected chi connectivity index (χ2v) is 6.01. The minimum absolute atomic E-state index is 0.407. The molecule has 0 aromatic heterocycles. The number of hydrogen-bond acceptors (Lipinski definition) is 2. The fourth-order valence-corrected chi connectivity index (χ4v) is 2.86. The Morgan fingerprint density at radius 3 is 1.53 bits per heavy atom. The van der Waals surface area contributed by atoms with Gasteiger partial charge in [-0.1, -0.05) is 36.4 Å². The number of halogens is 1. The van der Waals surface area contributed by atoms with Crippen LogP contribution in [0.3, 0.4) is 0 Å². The van der Waals surface area contributed by atoms with E-state index in [1.54, 1.807) is 0 Å². The maximum atomic E-state index is 5.88. The van der Waals surface area contributed by atoms with E-state index in [9.17, 15) is 0 Å². The molecule has 0 saturated carbocycles. The second-order valence-electron chi connectivity index (χ2n) is 3.45. The Kier molecular flexibility index (Phi) is 4.47. The Bertz CT molecular complexity index is 394. The first kappa shape index (κ1) is 12.0. The number of hydrogen-bond donors (Lipinski definition) is 0. The molecule has 0 saturated heterocycles. The maximum Gasteiger partial charge on any atom is 0.459 e. The predicted molar refractivity (Wildman–Crippen MR) is 72.0 cm³/mol. The summed E-state index contributed by atoms with van der Waals surface area (Å²) in [6.45, 7) is 0. The van der Waals surface area contributed by atoms with Crippen LogP contribution in [0.25, 0.3) is 0 Å². The van der Waals surface area contributed by atoms with E-state index in [1.807, 2.05) is 60.7 Å². The highest BCUT2D eigenvalue weighted by molar-refractivity contribution is 6.57. The van der Waals surface area contributed by atoms with Crippen molar-refractivity contribution in [1.82, 2.24) is 0 Å². The van der Waals surface area contributed by atoms with E-state index in [0.717, 1.165) is 11.5 Å². The summed E-state index contributed by atoms with van der Waals surface area (Å²) in [4.78, 5) is 0. The van der Waals surface area contributed by atoms with Crippen molar-refractivity contribution in [2.45, 2.75) is 0 Å². The van der Waals surface area contributed by atoms with Crippen molar-refractivity contribution in [2.24, 2.45) is 0 Å². The summed E-state index contributed by atoms with van der Waals surface area (Å²) in [5, 5.41) is 0. The van der Waals surface area contributed by atoms with Crippen LogP contribution in [0.5, 0.6) is 11.5 Å². The van der Waals surface area contributed by atoms with Crippen molar-refractivity contribution in [2.75, 3.05) is 5.50 Å². The predicted octanol–water partition coefficient (Wildman–Crippen LogP) is 3.14. The summed E-state index contributed by atoms with van der Waals surface area (Å²) in [7, 11) is -1.90. The highest BCUT2D eigenvalue weighted by Gasteiger charge is 2.15. The summed E-state index contributed by atoms with van der Waals surface area (Å²) < 4.78 is 11.5. The molecule has 0 aliphatic rings. The molecule has 0 unspecified atom stereocenters. The van der Waals surface area contributed by atoms with Gasteiger partial charge in [-0.2, -0.15) is 0 Å². The molecular formula is C13H13ClO2Si. The normalized spacial score (nSPS) is 10.2. The first-order chi connectivity index (χ1) is 8.38. The number of benzene rings is 2. The van der Waals surface area contributed by atoms with E-state index in [-0.39, 0.29) is 0 Å². The van der Waals surface area contributed by atoms with Crippen LogP contribution in [0.1, 0.15) is 0 Å². The lowest BCUT2D eigenvalue weighted by Gasteiger charge is -2.16. The van der Waals surface area contributed by atoms with Gasteiger partial charge in [-0.05, 0) is 24.3 Å². The molecule has 0 N–H and O–H groups in total. The van der Waals surface area contributed by atoms with Gasteiger partial charge >= 0.3 is 9.28 Å². The first-order valence-corrected chi connectivity index (χ1v) is 7.67. The fourth-order valence-electron chi connectivity index (χ4n) is 1.39. The lowest BCUT2D eigenvalue weighted by atomic mass is 10.3. The van der Waals surface area contributed by atoms with Gasteiger partial charge in [0.15, 0.2) is 0 Å². The molecule has 0 bridgehead atoms. The highest BCUT2D eigenvalue weighted by atomic mass is 35.5.